The Bertz CT molecular complexity index is 577. The molecule has 0 amide bonds. The SMILES string of the molecule is C(=C1CCCN=C1c1cccnc1)c1ccsc1.Cl.Cl. The van der Waals surface area contributed by atoms with Crippen molar-refractivity contribution < 1.29 is 0 Å². The maximum absolute atomic E-state index is 4.67. The number of hydrogen-bond acceptors (Lipinski definition) is 3. The average molecular weight is 327 g/mol. The third-order valence-corrected chi connectivity index (χ3v) is 3.70. The lowest BCUT2D eigenvalue weighted by Gasteiger charge is -2.16. The second-order valence-electron chi connectivity index (χ2n) is 4.30. The summed E-state index contributed by atoms with van der Waals surface area (Å²) in [5.74, 6) is 0. The standard InChI is InChI=1S/C15H14N2S.2ClH/c1-4-14(10-16-6-1)15-13(3-2-7-17-15)9-12-5-8-18-11-12;;/h1,4-6,8-11H,2-3,7H2;2*1H. The van der Waals surface area contributed by atoms with E-state index >= 15 is 0 Å². The second kappa shape index (κ2) is 8.20. The van der Waals surface area contributed by atoms with Crippen molar-refractivity contribution in [3.63, 3.8) is 0 Å². The maximum Gasteiger partial charge on any atom is 0.0694 e. The molecule has 3 rings (SSSR count). The van der Waals surface area contributed by atoms with Crippen molar-refractivity contribution >= 4 is 47.9 Å². The fourth-order valence-electron chi connectivity index (χ4n) is 2.16. The van der Waals surface area contributed by atoms with Crippen LogP contribution >= 0.6 is 36.2 Å². The van der Waals surface area contributed by atoms with Crippen LogP contribution in [0.25, 0.3) is 6.08 Å². The van der Waals surface area contributed by atoms with E-state index in [1.165, 1.54) is 11.1 Å². The molecule has 5 heteroatoms. The van der Waals surface area contributed by atoms with Gasteiger partial charge in [0.15, 0.2) is 0 Å². The molecule has 0 spiro atoms. The molecule has 0 radical (unpaired) electrons. The fraction of sp³-hybridized carbons (Fsp3) is 0.200. The van der Waals surface area contributed by atoms with Crippen molar-refractivity contribution in [1.29, 1.82) is 0 Å². The summed E-state index contributed by atoms with van der Waals surface area (Å²) in [5.41, 5.74) is 4.83. The summed E-state index contributed by atoms with van der Waals surface area (Å²) < 4.78 is 0. The Morgan fingerprint density at radius 3 is 2.80 bits per heavy atom. The van der Waals surface area contributed by atoms with Gasteiger partial charge in [0.05, 0.1) is 5.71 Å². The summed E-state index contributed by atoms with van der Waals surface area (Å²) in [7, 11) is 0. The molecule has 2 aromatic heterocycles. The highest BCUT2D eigenvalue weighted by molar-refractivity contribution is 7.08. The molecule has 1 aliphatic rings. The second-order valence-corrected chi connectivity index (χ2v) is 5.08. The highest BCUT2D eigenvalue weighted by Gasteiger charge is 2.13. The van der Waals surface area contributed by atoms with Gasteiger partial charge in [-0.15, -0.1) is 24.8 Å². The summed E-state index contributed by atoms with van der Waals surface area (Å²) in [6.07, 6.45) is 8.19. The maximum atomic E-state index is 4.67. The van der Waals surface area contributed by atoms with E-state index in [1.807, 2.05) is 12.3 Å². The smallest absolute Gasteiger partial charge is 0.0694 e. The number of pyridine rings is 1. The first-order chi connectivity index (χ1) is 8.93. The first-order valence-corrected chi connectivity index (χ1v) is 7.06. The number of allylic oxidation sites excluding steroid dienone is 1. The molecule has 0 aromatic carbocycles. The van der Waals surface area contributed by atoms with Crippen molar-refractivity contribution in [3.05, 3.63) is 58.1 Å². The van der Waals surface area contributed by atoms with Crippen LogP contribution in [-0.4, -0.2) is 17.2 Å². The third kappa shape index (κ3) is 3.92. The minimum Gasteiger partial charge on any atom is -0.284 e. The van der Waals surface area contributed by atoms with Crippen LogP contribution in [0, 0.1) is 0 Å². The van der Waals surface area contributed by atoms with Crippen LogP contribution in [0.15, 0.2) is 51.9 Å². The minimum absolute atomic E-state index is 0. The van der Waals surface area contributed by atoms with Crippen LogP contribution < -0.4 is 0 Å². The van der Waals surface area contributed by atoms with Crippen molar-refractivity contribution in [3.8, 4) is 0 Å². The Balaban J connectivity index is 0.000001000. The van der Waals surface area contributed by atoms with E-state index in [0.29, 0.717) is 0 Å². The largest absolute Gasteiger partial charge is 0.284 e. The number of aliphatic imine (C=N–C) groups is 1. The number of aromatic nitrogens is 1. The zero-order chi connectivity index (χ0) is 12.2. The molecule has 0 unspecified atom stereocenters. The highest BCUT2D eigenvalue weighted by atomic mass is 35.5. The molecule has 20 heavy (non-hydrogen) atoms. The quantitative estimate of drug-likeness (QED) is 0.788. The van der Waals surface area contributed by atoms with Crippen LogP contribution in [0.1, 0.15) is 24.0 Å². The molecule has 0 bridgehead atoms. The molecule has 106 valence electrons. The van der Waals surface area contributed by atoms with Crippen LogP contribution in [0.4, 0.5) is 0 Å². The fourth-order valence-corrected chi connectivity index (χ4v) is 2.78. The molecule has 1 aliphatic heterocycles. The lowest BCUT2D eigenvalue weighted by Crippen LogP contribution is -2.11. The Labute approximate surface area is 135 Å². The number of hydrogen-bond donors (Lipinski definition) is 0. The van der Waals surface area contributed by atoms with E-state index in [1.54, 1.807) is 17.5 Å². The number of nitrogens with zero attached hydrogens (tertiary/aromatic N) is 2. The van der Waals surface area contributed by atoms with E-state index in [2.05, 4.69) is 38.9 Å². The van der Waals surface area contributed by atoms with Gasteiger partial charge in [0.1, 0.15) is 0 Å². The van der Waals surface area contributed by atoms with Gasteiger partial charge in [0.25, 0.3) is 0 Å². The van der Waals surface area contributed by atoms with Crippen molar-refractivity contribution in [2.24, 2.45) is 4.99 Å². The topological polar surface area (TPSA) is 25.2 Å². The lowest BCUT2D eigenvalue weighted by atomic mass is 9.95. The summed E-state index contributed by atoms with van der Waals surface area (Å²) in [4.78, 5) is 8.86. The molecule has 0 aliphatic carbocycles. The van der Waals surface area contributed by atoms with Crippen molar-refractivity contribution in [2.75, 3.05) is 6.54 Å². The molecule has 0 saturated heterocycles. The molecule has 0 fully saturated rings. The van der Waals surface area contributed by atoms with Gasteiger partial charge in [-0.25, -0.2) is 0 Å². The summed E-state index contributed by atoms with van der Waals surface area (Å²) in [6, 6.07) is 6.19. The molecule has 0 atom stereocenters. The van der Waals surface area contributed by atoms with E-state index in [4.69, 9.17) is 0 Å². The molecular weight excluding hydrogens is 311 g/mol. The van der Waals surface area contributed by atoms with Gasteiger partial charge in [-0.1, -0.05) is 0 Å². The summed E-state index contributed by atoms with van der Waals surface area (Å²) >= 11 is 1.73. The lowest BCUT2D eigenvalue weighted by molar-refractivity contribution is 0.818. The van der Waals surface area contributed by atoms with E-state index in [9.17, 15) is 0 Å². The molecular formula is C15H16Cl2N2S. The number of halogens is 2. The molecule has 3 heterocycles. The van der Waals surface area contributed by atoms with Gasteiger partial charge in [0.2, 0.25) is 0 Å². The van der Waals surface area contributed by atoms with Crippen LogP contribution in [-0.2, 0) is 0 Å². The first kappa shape index (κ1) is 16.9. The monoisotopic (exact) mass is 326 g/mol. The van der Waals surface area contributed by atoms with E-state index in [-0.39, 0.29) is 24.8 Å². The van der Waals surface area contributed by atoms with Gasteiger partial charge in [-0.2, -0.15) is 11.3 Å². The predicted molar refractivity (Wildman–Crippen MR) is 91.7 cm³/mol. The Morgan fingerprint density at radius 2 is 2.10 bits per heavy atom. The van der Waals surface area contributed by atoms with Gasteiger partial charge in [-0.3, -0.25) is 9.98 Å². The van der Waals surface area contributed by atoms with E-state index < -0.39 is 0 Å². The van der Waals surface area contributed by atoms with Crippen LogP contribution in [0.2, 0.25) is 0 Å². The first-order valence-electron chi connectivity index (χ1n) is 6.11. The van der Waals surface area contributed by atoms with E-state index in [0.717, 1.165) is 30.7 Å². The Hall–Kier alpha value is -1.16. The Morgan fingerprint density at radius 1 is 1.20 bits per heavy atom. The molecule has 2 aromatic rings. The normalized spacial score (nSPS) is 16.0. The Kier molecular flexibility index (Phi) is 6.93. The third-order valence-electron chi connectivity index (χ3n) is 3.00. The van der Waals surface area contributed by atoms with Gasteiger partial charge in [-0.05, 0) is 59.0 Å². The molecule has 0 N–H and O–H groups in total. The summed E-state index contributed by atoms with van der Waals surface area (Å²) in [6.45, 7) is 0.922. The van der Waals surface area contributed by atoms with Crippen LogP contribution in [0.5, 0.6) is 0 Å². The van der Waals surface area contributed by atoms with Gasteiger partial charge < -0.3 is 0 Å². The zero-order valence-electron chi connectivity index (χ0n) is 10.9. The predicted octanol–water partition coefficient (Wildman–Crippen LogP) is 4.65. The zero-order valence-corrected chi connectivity index (χ0v) is 13.3. The van der Waals surface area contributed by atoms with Crippen molar-refractivity contribution in [2.45, 2.75) is 12.8 Å². The van der Waals surface area contributed by atoms with Crippen molar-refractivity contribution in [1.82, 2.24) is 4.98 Å². The minimum atomic E-state index is 0. The summed E-state index contributed by atoms with van der Waals surface area (Å²) in [5, 5.41) is 4.28. The number of thiophene rings is 1. The highest BCUT2D eigenvalue weighted by Crippen LogP contribution is 2.22. The number of rotatable bonds is 2. The molecule has 0 saturated carbocycles. The molecule has 2 nitrogen and oxygen atoms in total. The van der Waals surface area contributed by atoms with Gasteiger partial charge >= 0.3 is 0 Å². The average Bonchev–Trinajstić information content (AvgIpc) is 2.93. The van der Waals surface area contributed by atoms with Gasteiger partial charge in [0, 0.05) is 24.5 Å². The van der Waals surface area contributed by atoms with Crippen LogP contribution in [0.3, 0.4) is 0 Å².